The van der Waals surface area contributed by atoms with Crippen molar-refractivity contribution < 1.29 is 4.79 Å². The van der Waals surface area contributed by atoms with Crippen LogP contribution in [0.3, 0.4) is 0 Å². The highest BCUT2D eigenvalue weighted by atomic mass is 32.1. The highest BCUT2D eigenvalue weighted by Crippen LogP contribution is 2.35. The smallest absolute Gasteiger partial charge is 0.253 e. The van der Waals surface area contributed by atoms with Crippen LogP contribution < -0.4 is 0 Å². The summed E-state index contributed by atoms with van der Waals surface area (Å²) in [5, 5.41) is 2.19. The van der Waals surface area contributed by atoms with Crippen molar-refractivity contribution in [3.8, 4) is 0 Å². The Hall–Kier alpha value is -2.43. The first-order chi connectivity index (χ1) is 15.9. The fourth-order valence-electron chi connectivity index (χ4n) is 4.96. The summed E-state index contributed by atoms with van der Waals surface area (Å²) in [7, 11) is 0. The molecular formula is C29H36N2OS. The fourth-order valence-corrected chi connectivity index (χ4v) is 5.91. The second kappa shape index (κ2) is 10.7. The molecule has 0 bridgehead atoms. The van der Waals surface area contributed by atoms with Crippen LogP contribution in [0.1, 0.15) is 51.7 Å². The summed E-state index contributed by atoms with van der Waals surface area (Å²) in [6.45, 7) is 13.3. The van der Waals surface area contributed by atoms with E-state index in [0.717, 1.165) is 38.3 Å². The van der Waals surface area contributed by atoms with Crippen LogP contribution in [0.15, 0.2) is 66.0 Å². The normalized spacial score (nSPS) is 18.7. The Labute approximate surface area is 203 Å². The molecule has 3 aromatic rings. The maximum absolute atomic E-state index is 13.5. The number of aryl methyl sites for hydroxylation is 2. The Bertz CT molecular complexity index is 1040. The zero-order chi connectivity index (χ0) is 23.4. The van der Waals surface area contributed by atoms with Gasteiger partial charge in [0.1, 0.15) is 0 Å². The van der Waals surface area contributed by atoms with E-state index in [1.165, 1.54) is 21.6 Å². The molecule has 2 heterocycles. The van der Waals surface area contributed by atoms with Crippen molar-refractivity contribution in [1.29, 1.82) is 0 Å². The van der Waals surface area contributed by atoms with Crippen LogP contribution in [0.5, 0.6) is 0 Å². The molecule has 4 rings (SSSR count). The third kappa shape index (κ3) is 5.93. The molecule has 0 N–H and O–H groups in total. The van der Waals surface area contributed by atoms with Gasteiger partial charge in [0.25, 0.3) is 5.91 Å². The number of nitrogens with zero attached hydrogens (tertiary/aromatic N) is 2. The van der Waals surface area contributed by atoms with Crippen LogP contribution in [-0.2, 0) is 6.54 Å². The first-order valence-electron chi connectivity index (χ1n) is 12.1. The average Bonchev–Trinajstić information content (AvgIpc) is 3.39. The lowest BCUT2D eigenvalue weighted by atomic mass is 9.88. The second-order valence-electron chi connectivity index (χ2n) is 9.97. The van der Waals surface area contributed by atoms with Crippen LogP contribution in [0.25, 0.3) is 0 Å². The summed E-state index contributed by atoms with van der Waals surface area (Å²) >= 11 is 1.85. The van der Waals surface area contributed by atoms with Gasteiger partial charge in [0.2, 0.25) is 0 Å². The lowest BCUT2D eigenvalue weighted by Crippen LogP contribution is -2.39. The van der Waals surface area contributed by atoms with Gasteiger partial charge in [0, 0.05) is 49.1 Å². The van der Waals surface area contributed by atoms with E-state index >= 15 is 0 Å². The maximum atomic E-state index is 13.5. The molecule has 1 saturated heterocycles. The molecule has 1 amide bonds. The van der Waals surface area contributed by atoms with Crippen molar-refractivity contribution in [2.24, 2.45) is 11.8 Å². The Balaban J connectivity index is 1.57. The quantitative estimate of drug-likeness (QED) is 0.389. The van der Waals surface area contributed by atoms with Gasteiger partial charge in [-0.05, 0) is 60.4 Å². The highest BCUT2D eigenvalue weighted by Gasteiger charge is 2.36. The van der Waals surface area contributed by atoms with Gasteiger partial charge in [-0.2, -0.15) is 0 Å². The standard InChI is InChI=1S/C29H36N2OS/c1-21(2)16-31(29(32)25-12-10-22(3)11-13-25)18-26-17-30(20-28-23(4)14-15-33-28)19-27(26)24-8-6-5-7-9-24/h5-15,21,26-27H,16-20H2,1-4H3/t26-,27+/m1/s1. The van der Waals surface area contributed by atoms with Gasteiger partial charge in [-0.1, -0.05) is 61.9 Å². The molecule has 3 nitrogen and oxygen atoms in total. The van der Waals surface area contributed by atoms with Gasteiger partial charge in [0.05, 0.1) is 0 Å². The summed E-state index contributed by atoms with van der Waals surface area (Å²) in [5.74, 6) is 1.44. The highest BCUT2D eigenvalue weighted by molar-refractivity contribution is 7.10. The molecule has 0 unspecified atom stereocenters. The first-order valence-corrected chi connectivity index (χ1v) is 12.9. The minimum absolute atomic E-state index is 0.156. The van der Waals surface area contributed by atoms with Crippen molar-refractivity contribution >= 4 is 17.2 Å². The van der Waals surface area contributed by atoms with E-state index in [9.17, 15) is 4.79 Å². The Kier molecular flexibility index (Phi) is 7.67. The lowest BCUT2D eigenvalue weighted by molar-refractivity contribution is 0.0703. The van der Waals surface area contributed by atoms with Crippen molar-refractivity contribution in [3.63, 3.8) is 0 Å². The van der Waals surface area contributed by atoms with Gasteiger partial charge >= 0.3 is 0 Å². The van der Waals surface area contributed by atoms with E-state index in [1.807, 2.05) is 35.6 Å². The topological polar surface area (TPSA) is 23.6 Å². The monoisotopic (exact) mass is 460 g/mol. The minimum Gasteiger partial charge on any atom is -0.338 e. The number of carbonyl (C=O) groups excluding carboxylic acids is 1. The number of benzene rings is 2. The Morgan fingerprint density at radius 3 is 2.39 bits per heavy atom. The van der Waals surface area contributed by atoms with Gasteiger partial charge in [-0.3, -0.25) is 9.69 Å². The number of thiophene rings is 1. The zero-order valence-corrected chi connectivity index (χ0v) is 21.1. The number of hydrogen-bond donors (Lipinski definition) is 0. The molecule has 4 heteroatoms. The SMILES string of the molecule is Cc1ccc(C(=O)N(CC(C)C)C[C@H]2CN(Cc3sccc3C)C[C@H]2c2ccccc2)cc1. The molecule has 2 atom stereocenters. The van der Waals surface area contributed by atoms with Crippen molar-refractivity contribution in [1.82, 2.24) is 9.80 Å². The summed E-state index contributed by atoms with van der Waals surface area (Å²) in [4.78, 5) is 19.7. The van der Waals surface area contributed by atoms with Crippen molar-refractivity contribution in [2.45, 2.75) is 40.2 Å². The summed E-state index contributed by atoms with van der Waals surface area (Å²) < 4.78 is 0. The molecule has 2 aromatic carbocycles. The molecule has 1 aromatic heterocycles. The summed E-state index contributed by atoms with van der Waals surface area (Å²) in [6, 6.07) is 21.1. The first kappa shape index (κ1) is 23.7. The predicted octanol–water partition coefficient (Wildman–Crippen LogP) is 6.38. The number of hydrogen-bond acceptors (Lipinski definition) is 3. The molecule has 0 aliphatic carbocycles. The van der Waals surface area contributed by atoms with Crippen LogP contribution in [0.2, 0.25) is 0 Å². The van der Waals surface area contributed by atoms with Crippen molar-refractivity contribution in [2.75, 3.05) is 26.2 Å². The van der Waals surface area contributed by atoms with Crippen LogP contribution >= 0.6 is 11.3 Å². The van der Waals surface area contributed by atoms with Gasteiger partial charge in [0.15, 0.2) is 0 Å². The number of carbonyl (C=O) groups is 1. The molecule has 0 spiro atoms. The van der Waals surface area contributed by atoms with Gasteiger partial charge in [-0.25, -0.2) is 0 Å². The minimum atomic E-state index is 0.156. The number of likely N-dealkylation sites (tertiary alicyclic amines) is 1. The molecule has 1 fully saturated rings. The molecule has 174 valence electrons. The number of amides is 1. The second-order valence-corrected chi connectivity index (χ2v) is 11.0. The largest absolute Gasteiger partial charge is 0.338 e. The van der Waals surface area contributed by atoms with E-state index in [2.05, 4.69) is 79.3 Å². The molecule has 1 aliphatic heterocycles. The number of rotatable bonds is 8. The van der Waals surface area contributed by atoms with E-state index in [-0.39, 0.29) is 5.91 Å². The van der Waals surface area contributed by atoms with Gasteiger partial charge < -0.3 is 4.90 Å². The zero-order valence-electron chi connectivity index (χ0n) is 20.3. The van der Waals surface area contributed by atoms with Crippen LogP contribution in [0, 0.1) is 25.7 Å². The Morgan fingerprint density at radius 1 is 1.03 bits per heavy atom. The molecule has 0 saturated carbocycles. The predicted molar refractivity (Wildman–Crippen MR) is 139 cm³/mol. The third-order valence-electron chi connectivity index (χ3n) is 6.71. The molecule has 0 radical (unpaired) electrons. The third-order valence-corrected chi connectivity index (χ3v) is 7.71. The van der Waals surface area contributed by atoms with E-state index in [1.54, 1.807) is 0 Å². The van der Waals surface area contributed by atoms with Crippen LogP contribution in [-0.4, -0.2) is 41.9 Å². The average molecular weight is 461 g/mol. The fraction of sp³-hybridized carbons (Fsp3) is 0.414. The van der Waals surface area contributed by atoms with E-state index < -0.39 is 0 Å². The molecular weight excluding hydrogens is 424 g/mol. The molecule has 33 heavy (non-hydrogen) atoms. The van der Waals surface area contributed by atoms with E-state index in [0.29, 0.717) is 17.8 Å². The van der Waals surface area contributed by atoms with Crippen molar-refractivity contribution in [3.05, 3.63) is 93.2 Å². The van der Waals surface area contributed by atoms with Crippen LogP contribution in [0.4, 0.5) is 0 Å². The lowest BCUT2D eigenvalue weighted by Gasteiger charge is -2.30. The van der Waals surface area contributed by atoms with E-state index in [4.69, 9.17) is 0 Å². The Morgan fingerprint density at radius 2 is 1.76 bits per heavy atom. The molecule has 1 aliphatic rings. The summed E-state index contributed by atoms with van der Waals surface area (Å²) in [5.41, 5.74) is 4.75. The summed E-state index contributed by atoms with van der Waals surface area (Å²) in [6.07, 6.45) is 0. The maximum Gasteiger partial charge on any atom is 0.253 e. The van der Waals surface area contributed by atoms with Gasteiger partial charge in [-0.15, -0.1) is 11.3 Å².